The SMILES string of the molecule is COCOC(=O)N1CCC2CC2C1. The normalized spacial score (nSPS) is 31.0. The molecule has 4 heteroatoms. The van der Waals surface area contributed by atoms with Crippen molar-refractivity contribution in [1.82, 2.24) is 4.90 Å². The second-order valence-electron chi connectivity index (χ2n) is 3.81. The summed E-state index contributed by atoms with van der Waals surface area (Å²) in [4.78, 5) is 13.1. The zero-order valence-corrected chi connectivity index (χ0v) is 7.86. The maximum atomic E-state index is 11.3. The van der Waals surface area contributed by atoms with E-state index in [-0.39, 0.29) is 12.9 Å². The van der Waals surface area contributed by atoms with E-state index in [9.17, 15) is 4.79 Å². The van der Waals surface area contributed by atoms with Crippen LogP contribution in [0.25, 0.3) is 0 Å². The molecule has 74 valence electrons. The standard InChI is InChI=1S/C9H15NO3/c1-12-6-13-9(11)10-3-2-7-4-8(7)5-10/h7-8H,2-6H2,1H3. The molecule has 2 rings (SSSR count). The highest BCUT2D eigenvalue weighted by Crippen LogP contribution is 2.44. The molecule has 1 saturated heterocycles. The smallest absolute Gasteiger partial charge is 0.411 e. The van der Waals surface area contributed by atoms with Crippen LogP contribution in [0.2, 0.25) is 0 Å². The van der Waals surface area contributed by atoms with Gasteiger partial charge in [-0.3, -0.25) is 0 Å². The van der Waals surface area contributed by atoms with Crippen LogP contribution in [-0.2, 0) is 9.47 Å². The number of carbonyl (C=O) groups is 1. The number of nitrogens with zero attached hydrogens (tertiary/aromatic N) is 1. The van der Waals surface area contributed by atoms with Gasteiger partial charge in [0.25, 0.3) is 0 Å². The molecule has 2 aliphatic rings. The Morgan fingerprint density at radius 3 is 3.08 bits per heavy atom. The first kappa shape index (κ1) is 8.81. The van der Waals surface area contributed by atoms with Crippen molar-refractivity contribution in [3.05, 3.63) is 0 Å². The summed E-state index contributed by atoms with van der Waals surface area (Å²) in [6.07, 6.45) is 2.22. The van der Waals surface area contributed by atoms with E-state index >= 15 is 0 Å². The minimum absolute atomic E-state index is 0.0590. The van der Waals surface area contributed by atoms with E-state index in [2.05, 4.69) is 4.74 Å². The van der Waals surface area contributed by atoms with E-state index in [0.717, 1.165) is 31.3 Å². The molecule has 0 aromatic heterocycles. The lowest BCUT2D eigenvalue weighted by molar-refractivity contribution is -0.00689. The Hall–Kier alpha value is -0.770. The summed E-state index contributed by atoms with van der Waals surface area (Å²) in [5, 5.41) is 0. The summed E-state index contributed by atoms with van der Waals surface area (Å²) >= 11 is 0. The van der Waals surface area contributed by atoms with E-state index in [1.807, 2.05) is 0 Å². The maximum absolute atomic E-state index is 11.3. The number of piperidine rings is 1. The van der Waals surface area contributed by atoms with E-state index < -0.39 is 0 Å². The lowest BCUT2D eigenvalue weighted by Gasteiger charge is -2.25. The molecule has 1 amide bonds. The average Bonchev–Trinajstić information content (AvgIpc) is 2.91. The number of hydrogen-bond acceptors (Lipinski definition) is 3. The second-order valence-corrected chi connectivity index (χ2v) is 3.81. The maximum Gasteiger partial charge on any atom is 0.411 e. The van der Waals surface area contributed by atoms with Crippen LogP contribution in [0.15, 0.2) is 0 Å². The van der Waals surface area contributed by atoms with Gasteiger partial charge >= 0.3 is 6.09 Å². The van der Waals surface area contributed by atoms with Crippen LogP contribution in [0.4, 0.5) is 4.79 Å². The quantitative estimate of drug-likeness (QED) is 0.604. The molecule has 0 radical (unpaired) electrons. The van der Waals surface area contributed by atoms with E-state index in [0.29, 0.717) is 0 Å². The first-order valence-corrected chi connectivity index (χ1v) is 4.72. The summed E-state index contributed by atoms with van der Waals surface area (Å²) in [6.45, 7) is 1.79. The van der Waals surface area contributed by atoms with Gasteiger partial charge in [-0.1, -0.05) is 0 Å². The number of amides is 1. The van der Waals surface area contributed by atoms with Crippen molar-refractivity contribution in [3.8, 4) is 0 Å². The summed E-state index contributed by atoms with van der Waals surface area (Å²) in [6, 6.07) is 0. The Labute approximate surface area is 77.8 Å². The minimum atomic E-state index is -0.229. The largest absolute Gasteiger partial charge is 0.422 e. The van der Waals surface area contributed by atoms with Crippen LogP contribution in [0, 0.1) is 11.8 Å². The van der Waals surface area contributed by atoms with Crippen LogP contribution in [-0.4, -0.2) is 38.0 Å². The van der Waals surface area contributed by atoms with Crippen molar-refractivity contribution in [3.63, 3.8) is 0 Å². The van der Waals surface area contributed by atoms with E-state index in [4.69, 9.17) is 4.74 Å². The fourth-order valence-electron chi connectivity index (χ4n) is 1.95. The molecule has 1 aliphatic carbocycles. The zero-order chi connectivity index (χ0) is 9.26. The highest BCUT2D eigenvalue weighted by molar-refractivity contribution is 5.67. The summed E-state index contributed by atoms with van der Waals surface area (Å²) in [5.74, 6) is 1.65. The summed E-state index contributed by atoms with van der Waals surface area (Å²) < 4.78 is 9.53. The number of likely N-dealkylation sites (tertiary alicyclic amines) is 1. The molecule has 0 N–H and O–H groups in total. The topological polar surface area (TPSA) is 38.8 Å². The van der Waals surface area contributed by atoms with Crippen LogP contribution in [0.5, 0.6) is 0 Å². The zero-order valence-electron chi connectivity index (χ0n) is 7.86. The Bertz CT molecular complexity index is 207. The summed E-state index contributed by atoms with van der Waals surface area (Å²) in [7, 11) is 1.51. The third kappa shape index (κ3) is 1.94. The van der Waals surface area contributed by atoms with Crippen molar-refractivity contribution in [2.45, 2.75) is 12.8 Å². The predicted molar refractivity (Wildman–Crippen MR) is 46.1 cm³/mol. The van der Waals surface area contributed by atoms with Gasteiger partial charge in [-0.2, -0.15) is 0 Å². The third-order valence-corrected chi connectivity index (χ3v) is 2.85. The average molecular weight is 185 g/mol. The molecule has 0 aromatic carbocycles. The number of rotatable bonds is 2. The van der Waals surface area contributed by atoms with Crippen molar-refractivity contribution in [2.75, 3.05) is 27.0 Å². The lowest BCUT2D eigenvalue weighted by atomic mass is 10.1. The van der Waals surface area contributed by atoms with Crippen LogP contribution in [0.3, 0.4) is 0 Å². The number of methoxy groups -OCH3 is 1. The number of carbonyl (C=O) groups excluding carboxylic acids is 1. The van der Waals surface area contributed by atoms with E-state index in [1.54, 1.807) is 4.90 Å². The van der Waals surface area contributed by atoms with Gasteiger partial charge in [-0.05, 0) is 24.7 Å². The van der Waals surface area contributed by atoms with E-state index in [1.165, 1.54) is 13.5 Å². The molecule has 2 unspecified atom stereocenters. The Balaban J connectivity index is 1.75. The monoisotopic (exact) mass is 185 g/mol. The van der Waals surface area contributed by atoms with Crippen molar-refractivity contribution in [1.29, 1.82) is 0 Å². The minimum Gasteiger partial charge on any atom is -0.422 e. The molecule has 2 atom stereocenters. The molecule has 0 bridgehead atoms. The van der Waals surface area contributed by atoms with Crippen LogP contribution < -0.4 is 0 Å². The first-order valence-electron chi connectivity index (χ1n) is 4.72. The van der Waals surface area contributed by atoms with Gasteiger partial charge in [0.1, 0.15) is 0 Å². The second kappa shape index (κ2) is 3.54. The molecule has 2 fully saturated rings. The Morgan fingerprint density at radius 2 is 2.38 bits per heavy atom. The Kier molecular flexibility index (Phi) is 2.40. The number of hydrogen-bond donors (Lipinski definition) is 0. The molecular formula is C9H15NO3. The molecule has 13 heavy (non-hydrogen) atoms. The van der Waals surface area contributed by atoms with Crippen molar-refractivity contribution < 1.29 is 14.3 Å². The Morgan fingerprint density at radius 1 is 1.54 bits per heavy atom. The van der Waals surface area contributed by atoms with Crippen molar-refractivity contribution in [2.24, 2.45) is 11.8 Å². The molecule has 1 aliphatic heterocycles. The van der Waals surface area contributed by atoms with Gasteiger partial charge in [0.05, 0.1) is 0 Å². The van der Waals surface area contributed by atoms with Gasteiger partial charge < -0.3 is 14.4 Å². The lowest BCUT2D eigenvalue weighted by Crippen LogP contribution is -2.37. The molecule has 4 nitrogen and oxygen atoms in total. The highest BCUT2D eigenvalue weighted by Gasteiger charge is 2.42. The third-order valence-electron chi connectivity index (χ3n) is 2.85. The molecule has 1 saturated carbocycles. The predicted octanol–water partition coefficient (Wildman–Crippen LogP) is 1.07. The number of ether oxygens (including phenoxy) is 2. The fourth-order valence-corrected chi connectivity index (χ4v) is 1.95. The fraction of sp³-hybridized carbons (Fsp3) is 0.889. The molecule has 0 spiro atoms. The number of fused-ring (bicyclic) bond motifs is 1. The molecule has 1 heterocycles. The van der Waals surface area contributed by atoms with Gasteiger partial charge in [-0.25, -0.2) is 4.79 Å². The first-order chi connectivity index (χ1) is 6.31. The van der Waals surface area contributed by atoms with Gasteiger partial charge in [0, 0.05) is 20.2 Å². The van der Waals surface area contributed by atoms with Gasteiger partial charge in [0.15, 0.2) is 6.79 Å². The van der Waals surface area contributed by atoms with Crippen LogP contribution in [0.1, 0.15) is 12.8 Å². The highest BCUT2D eigenvalue weighted by atomic mass is 16.7. The van der Waals surface area contributed by atoms with Gasteiger partial charge in [0.2, 0.25) is 0 Å². The molecular weight excluding hydrogens is 170 g/mol. The summed E-state index contributed by atoms with van der Waals surface area (Å²) in [5.41, 5.74) is 0. The van der Waals surface area contributed by atoms with Crippen molar-refractivity contribution >= 4 is 6.09 Å². The van der Waals surface area contributed by atoms with Crippen LogP contribution >= 0.6 is 0 Å². The molecule has 0 aromatic rings. The van der Waals surface area contributed by atoms with Gasteiger partial charge in [-0.15, -0.1) is 0 Å².